The summed E-state index contributed by atoms with van der Waals surface area (Å²) in [7, 11) is 1.51. The zero-order valence-electron chi connectivity index (χ0n) is 11.2. The molecule has 0 aromatic heterocycles. The molecule has 1 rings (SSSR count). The number of aliphatic hydroxyl groups excluding tert-OH is 1. The summed E-state index contributed by atoms with van der Waals surface area (Å²) in [5, 5.41) is 12.7. The molecule has 0 fully saturated rings. The molecule has 0 saturated heterocycles. The fourth-order valence-electron chi connectivity index (χ4n) is 1.80. The third-order valence-corrected chi connectivity index (χ3v) is 2.70. The predicted molar refractivity (Wildman–Crippen MR) is 70.1 cm³/mol. The second-order valence-electron chi connectivity index (χ2n) is 4.87. The van der Waals surface area contributed by atoms with Crippen LogP contribution >= 0.6 is 0 Å². The zero-order valence-corrected chi connectivity index (χ0v) is 11.2. The Morgan fingerprint density at radius 1 is 1.39 bits per heavy atom. The third kappa shape index (κ3) is 5.02. The monoisotopic (exact) mass is 255 g/mol. The molecule has 102 valence electrons. The molecule has 1 unspecified atom stereocenters. The van der Waals surface area contributed by atoms with Crippen LogP contribution in [0, 0.1) is 11.7 Å². The van der Waals surface area contributed by atoms with Crippen molar-refractivity contribution in [2.45, 2.75) is 32.9 Å². The van der Waals surface area contributed by atoms with Gasteiger partial charge in [-0.1, -0.05) is 19.9 Å². The SMILES string of the molecule is COc1ccc(CNCC(O)CC(C)C)c(F)c1. The highest BCUT2D eigenvalue weighted by molar-refractivity contribution is 5.28. The lowest BCUT2D eigenvalue weighted by Gasteiger charge is -2.14. The van der Waals surface area contributed by atoms with Crippen LogP contribution in [0.15, 0.2) is 18.2 Å². The van der Waals surface area contributed by atoms with E-state index in [1.807, 2.05) is 0 Å². The van der Waals surface area contributed by atoms with Crippen LogP contribution in [0.3, 0.4) is 0 Å². The molecule has 1 atom stereocenters. The second-order valence-corrected chi connectivity index (χ2v) is 4.87. The summed E-state index contributed by atoms with van der Waals surface area (Å²) in [5.41, 5.74) is 0.576. The number of benzene rings is 1. The van der Waals surface area contributed by atoms with E-state index in [1.54, 1.807) is 12.1 Å². The lowest BCUT2D eigenvalue weighted by Crippen LogP contribution is -2.27. The van der Waals surface area contributed by atoms with Crippen LogP contribution in [0.5, 0.6) is 5.75 Å². The van der Waals surface area contributed by atoms with Gasteiger partial charge in [0, 0.05) is 24.7 Å². The van der Waals surface area contributed by atoms with E-state index in [0.29, 0.717) is 30.3 Å². The molecular formula is C14H22FNO2. The smallest absolute Gasteiger partial charge is 0.131 e. The molecule has 0 aliphatic rings. The summed E-state index contributed by atoms with van der Waals surface area (Å²) in [6.45, 7) is 5.01. The fourth-order valence-corrected chi connectivity index (χ4v) is 1.80. The highest BCUT2D eigenvalue weighted by Crippen LogP contribution is 2.16. The molecule has 0 aliphatic carbocycles. The molecular weight excluding hydrogens is 233 g/mol. The van der Waals surface area contributed by atoms with E-state index >= 15 is 0 Å². The maximum atomic E-state index is 13.6. The molecule has 0 radical (unpaired) electrons. The number of ether oxygens (including phenoxy) is 1. The van der Waals surface area contributed by atoms with Gasteiger partial charge in [-0.3, -0.25) is 0 Å². The molecule has 0 spiro atoms. The van der Waals surface area contributed by atoms with E-state index in [4.69, 9.17) is 4.74 Å². The van der Waals surface area contributed by atoms with Crippen LogP contribution < -0.4 is 10.1 Å². The number of halogens is 1. The first-order valence-corrected chi connectivity index (χ1v) is 6.24. The van der Waals surface area contributed by atoms with Crippen molar-refractivity contribution >= 4 is 0 Å². The normalized spacial score (nSPS) is 12.8. The molecule has 4 heteroatoms. The van der Waals surface area contributed by atoms with Crippen LogP contribution in [0.1, 0.15) is 25.8 Å². The van der Waals surface area contributed by atoms with Gasteiger partial charge in [0.25, 0.3) is 0 Å². The minimum atomic E-state index is -0.383. The molecule has 0 bridgehead atoms. The van der Waals surface area contributed by atoms with Crippen molar-refractivity contribution in [1.29, 1.82) is 0 Å². The Balaban J connectivity index is 2.39. The van der Waals surface area contributed by atoms with E-state index in [-0.39, 0.29) is 11.9 Å². The number of nitrogens with one attached hydrogen (secondary N) is 1. The van der Waals surface area contributed by atoms with Gasteiger partial charge in [-0.05, 0) is 18.4 Å². The van der Waals surface area contributed by atoms with E-state index in [9.17, 15) is 9.50 Å². The Labute approximate surface area is 108 Å². The molecule has 3 nitrogen and oxygen atoms in total. The van der Waals surface area contributed by atoms with Crippen molar-refractivity contribution < 1.29 is 14.2 Å². The molecule has 0 amide bonds. The Hall–Kier alpha value is -1.13. The van der Waals surface area contributed by atoms with Gasteiger partial charge in [0.1, 0.15) is 11.6 Å². The van der Waals surface area contributed by atoms with Gasteiger partial charge in [0.15, 0.2) is 0 Å². The summed E-state index contributed by atoms with van der Waals surface area (Å²) in [6, 6.07) is 4.78. The predicted octanol–water partition coefficient (Wildman–Crippen LogP) is 2.33. The molecule has 0 saturated carbocycles. The number of hydrogen-bond donors (Lipinski definition) is 2. The van der Waals surface area contributed by atoms with Crippen LogP contribution in [-0.2, 0) is 6.54 Å². The van der Waals surface area contributed by atoms with Crippen LogP contribution in [0.2, 0.25) is 0 Å². The number of methoxy groups -OCH3 is 1. The van der Waals surface area contributed by atoms with Crippen molar-refractivity contribution in [3.8, 4) is 5.75 Å². The van der Waals surface area contributed by atoms with Crippen molar-refractivity contribution in [1.82, 2.24) is 5.32 Å². The topological polar surface area (TPSA) is 41.5 Å². The third-order valence-electron chi connectivity index (χ3n) is 2.70. The summed E-state index contributed by atoms with van der Waals surface area (Å²) >= 11 is 0. The van der Waals surface area contributed by atoms with Gasteiger partial charge >= 0.3 is 0 Å². The Kier molecular flexibility index (Phi) is 6.09. The molecule has 0 heterocycles. The second kappa shape index (κ2) is 7.34. The average Bonchev–Trinajstić information content (AvgIpc) is 2.30. The number of aliphatic hydroxyl groups is 1. The van der Waals surface area contributed by atoms with Crippen LogP contribution in [-0.4, -0.2) is 24.9 Å². The van der Waals surface area contributed by atoms with Crippen molar-refractivity contribution in [3.05, 3.63) is 29.6 Å². The van der Waals surface area contributed by atoms with Crippen molar-refractivity contribution in [3.63, 3.8) is 0 Å². The van der Waals surface area contributed by atoms with Crippen LogP contribution in [0.4, 0.5) is 4.39 Å². The van der Waals surface area contributed by atoms with Gasteiger partial charge in [-0.25, -0.2) is 4.39 Å². The Bertz CT molecular complexity index is 369. The largest absolute Gasteiger partial charge is 0.497 e. The molecule has 2 N–H and O–H groups in total. The quantitative estimate of drug-likeness (QED) is 0.785. The minimum Gasteiger partial charge on any atom is -0.497 e. The van der Waals surface area contributed by atoms with E-state index in [1.165, 1.54) is 13.2 Å². The van der Waals surface area contributed by atoms with Crippen molar-refractivity contribution in [2.24, 2.45) is 5.92 Å². The highest BCUT2D eigenvalue weighted by atomic mass is 19.1. The maximum Gasteiger partial charge on any atom is 0.131 e. The molecule has 18 heavy (non-hydrogen) atoms. The summed E-state index contributed by atoms with van der Waals surface area (Å²) in [4.78, 5) is 0. The standard InChI is InChI=1S/C14H22FNO2/c1-10(2)6-12(17)9-16-8-11-4-5-13(18-3)7-14(11)15/h4-5,7,10,12,16-17H,6,8-9H2,1-3H3. The number of rotatable bonds is 7. The van der Waals surface area contributed by atoms with Gasteiger partial charge < -0.3 is 15.2 Å². The first kappa shape index (κ1) is 14.9. The van der Waals surface area contributed by atoms with Crippen molar-refractivity contribution in [2.75, 3.05) is 13.7 Å². The number of hydrogen-bond acceptors (Lipinski definition) is 3. The summed E-state index contributed by atoms with van der Waals surface area (Å²) < 4.78 is 18.5. The lowest BCUT2D eigenvalue weighted by molar-refractivity contribution is 0.146. The fraction of sp³-hybridized carbons (Fsp3) is 0.571. The lowest BCUT2D eigenvalue weighted by atomic mass is 10.1. The molecule has 1 aromatic carbocycles. The summed E-state index contributed by atoms with van der Waals surface area (Å²) in [6.07, 6.45) is 0.365. The Morgan fingerprint density at radius 2 is 2.11 bits per heavy atom. The van der Waals surface area contributed by atoms with E-state index in [0.717, 1.165) is 6.42 Å². The average molecular weight is 255 g/mol. The maximum absolute atomic E-state index is 13.6. The molecule has 1 aromatic rings. The van der Waals surface area contributed by atoms with E-state index in [2.05, 4.69) is 19.2 Å². The zero-order chi connectivity index (χ0) is 13.5. The highest BCUT2D eigenvalue weighted by Gasteiger charge is 2.08. The van der Waals surface area contributed by atoms with Gasteiger partial charge in [0.2, 0.25) is 0 Å². The first-order chi connectivity index (χ1) is 8.52. The Morgan fingerprint density at radius 3 is 2.67 bits per heavy atom. The minimum absolute atomic E-state index is 0.291. The van der Waals surface area contributed by atoms with Gasteiger partial charge in [0.05, 0.1) is 13.2 Å². The van der Waals surface area contributed by atoms with Crippen LogP contribution in [0.25, 0.3) is 0 Å². The first-order valence-electron chi connectivity index (χ1n) is 6.24. The van der Waals surface area contributed by atoms with Gasteiger partial charge in [-0.15, -0.1) is 0 Å². The van der Waals surface area contributed by atoms with E-state index < -0.39 is 0 Å². The molecule has 0 aliphatic heterocycles. The summed E-state index contributed by atoms with van der Waals surface area (Å²) in [5.74, 6) is 0.677. The van der Waals surface area contributed by atoms with Gasteiger partial charge in [-0.2, -0.15) is 0 Å².